The third-order valence-corrected chi connectivity index (χ3v) is 8.08. The minimum atomic E-state index is -0.169. The lowest BCUT2D eigenvalue weighted by Gasteiger charge is -2.21. The second kappa shape index (κ2) is 9.85. The Hall–Kier alpha value is -3.14. The molecular formula is C26H26N4O3S2. The topological polar surface area (TPSA) is 76.5 Å². The average molecular weight is 507 g/mol. The van der Waals surface area contributed by atoms with Crippen LogP contribution in [0.25, 0.3) is 15.9 Å². The van der Waals surface area contributed by atoms with E-state index in [0.29, 0.717) is 16.2 Å². The first-order valence-corrected chi connectivity index (χ1v) is 13.1. The van der Waals surface area contributed by atoms with Gasteiger partial charge in [0.05, 0.1) is 23.9 Å². The Kier molecular flexibility index (Phi) is 6.64. The van der Waals surface area contributed by atoms with Gasteiger partial charge in [-0.1, -0.05) is 29.5 Å². The molecule has 1 aliphatic heterocycles. The number of benzene rings is 2. The van der Waals surface area contributed by atoms with Crippen LogP contribution in [0, 0.1) is 6.92 Å². The van der Waals surface area contributed by atoms with Crippen molar-refractivity contribution in [1.29, 1.82) is 0 Å². The molecule has 7 nitrogen and oxygen atoms in total. The molecule has 35 heavy (non-hydrogen) atoms. The number of likely N-dealkylation sites (N-methyl/N-ethyl adjacent to an activating group) is 1. The second-order valence-corrected chi connectivity index (χ2v) is 10.6. The maximum atomic E-state index is 13.8. The summed E-state index contributed by atoms with van der Waals surface area (Å²) < 4.78 is 6.82. The van der Waals surface area contributed by atoms with Gasteiger partial charge in [0.25, 0.3) is 5.56 Å². The molecule has 0 fully saturated rings. The molecule has 5 rings (SSSR count). The Balaban J connectivity index is 1.49. The number of nitrogens with zero attached hydrogens (tertiary/aromatic N) is 3. The molecule has 0 saturated heterocycles. The number of thiophene rings is 1. The predicted octanol–water partition coefficient (Wildman–Crippen LogP) is 4.48. The zero-order chi connectivity index (χ0) is 24.5. The van der Waals surface area contributed by atoms with Crippen molar-refractivity contribution in [2.24, 2.45) is 0 Å². The summed E-state index contributed by atoms with van der Waals surface area (Å²) >= 11 is 2.85. The van der Waals surface area contributed by atoms with Crippen molar-refractivity contribution >= 4 is 44.9 Å². The highest BCUT2D eigenvalue weighted by Crippen LogP contribution is 2.34. The van der Waals surface area contributed by atoms with Crippen molar-refractivity contribution in [1.82, 2.24) is 14.5 Å². The van der Waals surface area contributed by atoms with Gasteiger partial charge in [-0.15, -0.1) is 11.3 Å². The minimum Gasteiger partial charge on any atom is -0.497 e. The van der Waals surface area contributed by atoms with E-state index >= 15 is 0 Å². The molecule has 4 aromatic rings. The number of methoxy groups -OCH3 is 1. The van der Waals surface area contributed by atoms with Gasteiger partial charge in [-0.3, -0.25) is 14.2 Å². The minimum absolute atomic E-state index is 0.0704. The third-order valence-electron chi connectivity index (χ3n) is 6.03. The number of amides is 1. The van der Waals surface area contributed by atoms with Crippen LogP contribution in [0.15, 0.2) is 58.5 Å². The fraction of sp³-hybridized carbons (Fsp3) is 0.269. The van der Waals surface area contributed by atoms with Gasteiger partial charge in [-0.2, -0.15) is 0 Å². The number of hydrogen-bond acceptors (Lipinski definition) is 7. The number of ether oxygens (including phenoxy) is 1. The van der Waals surface area contributed by atoms with E-state index < -0.39 is 0 Å². The van der Waals surface area contributed by atoms with Gasteiger partial charge in [0, 0.05) is 23.7 Å². The van der Waals surface area contributed by atoms with Crippen LogP contribution in [-0.2, 0) is 17.8 Å². The quantitative estimate of drug-likeness (QED) is 0.307. The van der Waals surface area contributed by atoms with Crippen molar-refractivity contribution in [3.8, 4) is 11.4 Å². The van der Waals surface area contributed by atoms with Crippen molar-refractivity contribution in [3.63, 3.8) is 0 Å². The summed E-state index contributed by atoms with van der Waals surface area (Å²) in [4.78, 5) is 35.6. The summed E-state index contributed by atoms with van der Waals surface area (Å²) in [6, 6.07) is 15.0. The number of hydrogen-bond donors (Lipinski definition) is 1. The molecule has 0 saturated carbocycles. The van der Waals surface area contributed by atoms with Crippen LogP contribution in [0.2, 0.25) is 0 Å². The largest absolute Gasteiger partial charge is 0.497 e. The molecule has 9 heteroatoms. The van der Waals surface area contributed by atoms with Crippen molar-refractivity contribution < 1.29 is 9.53 Å². The van der Waals surface area contributed by atoms with E-state index in [2.05, 4.69) is 17.3 Å². The Morgan fingerprint density at radius 2 is 1.91 bits per heavy atom. The molecule has 0 bridgehead atoms. The van der Waals surface area contributed by atoms with Gasteiger partial charge >= 0.3 is 0 Å². The number of aromatic nitrogens is 2. The summed E-state index contributed by atoms with van der Waals surface area (Å²) in [5.41, 5.74) is 3.60. The standard InChI is InChI=1S/C26H26N4O3S2/c1-16-4-8-18(9-5-16)30-25(32)23-20-12-13-29(2)14-21(20)35-24(23)28-26(30)34-15-22(31)27-17-6-10-19(33-3)11-7-17/h4-11H,12-15H2,1-3H3,(H,27,31). The molecule has 0 unspecified atom stereocenters. The van der Waals surface area contributed by atoms with Gasteiger partial charge < -0.3 is 15.0 Å². The Morgan fingerprint density at radius 1 is 1.17 bits per heavy atom. The third kappa shape index (κ3) is 4.84. The van der Waals surface area contributed by atoms with Crippen LogP contribution >= 0.6 is 23.1 Å². The zero-order valence-electron chi connectivity index (χ0n) is 19.8. The molecule has 0 radical (unpaired) electrons. The van der Waals surface area contributed by atoms with Crippen LogP contribution in [0.4, 0.5) is 5.69 Å². The van der Waals surface area contributed by atoms with E-state index in [1.54, 1.807) is 47.3 Å². The number of aryl methyl sites for hydroxylation is 1. The average Bonchev–Trinajstić information content (AvgIpc) is 3.21. The number of fused-ring (bicyclic) bond motifs is 3. The molecule has 2 aromatic heterocycles. The molecule has 1 aliphatic rings. The summed E-state index contributed by atoms with van der Waals surface area (Å²) in [6.45, 7) is 3.76. The van der Waals surface area contributed by atoms with Crippen molar-refractivity contribution in [3.05, 3.63) is 74.9 Å². The number of nitrogens with one attached hydrogen (secondary N) is 1. The Bertz CT molecular complexity index is 1440. The lowest BCUT2D eigenvalue weighted by Crippen LogP contribution is -2.27. The molecule has 0 aliphatic carbocycles. The number of thioether (sulfide) groups is 1. The fourth-order valence-electron chi connectivity index (χ4n) is 4.17. The van der Waals surface area contributed by atoms with Gasteiger partial charge in [-0.25, -0.2) is 4.98 Å². The van der Waals surface area contributed by atoms with Gasteiger partial charge in [0.1, 0.15) is 10.6 Å². The van der Waals surface area contributed by atoms with E-state index in [1.807, 2.05) is 31.2 Å². The Morgan fingerprint density at radius 3 is 2.63 bits per heavy atom. The monoisotopic (exact) mass is 506 g/mol. The van der Waals surface area contributed by atoms with Crippen molar-refractivity contribution in [2.45, 2.75) is 25.0 Å². The molecule has 180 valence electrons. The molecule has 3 heterocycles. The molecule has 1 N–H and O–H groups in total. The van der Waals surface area contributed by atoms with Crippen molar-refractivity contribution in [2.75, 3.05) is 31.8 Å². The molecule has 0 atom stereocenters. The predicted molar refractivity (Wildman–Crippen MR) is 142 cm³/mol. The molecule has 2 aromatic carbocycles. The number of anilines is 1. The Labute approximate surface area is 211 Å². The number of rotatable bonds is 6. The van der Waals surface area contributed by atoms with Gasteiger partial charge in [0.2, 0.25) is 5.91 Å². The fourth-order valence-corrected chi connectivity index (χ4v) is 6.33. The summed E-state index contributed by atoms with van der Waals surface area (Å²) in [7, 11) is 3.69. The normalized spacial score (nSPS) is 13.6. The maximum absolute atomic E-state index is 13.8. The van der Waals surface area contributed by atoms with Crippen LogP contribution in [0.5, 0.6) is 5.75 Å². The SMILES string of the molecule is COc1ccc(NC(=O)CSc2nc3sc4c(c3c(=O)n2-c2ccc(C)cc2)CCN(C)C4)cc1. The lowest BCUT2D eigenvalue weighted by molar-refractivity contribution is -0.113. The zero-order valence-corrected chi connectivity index (χ0v) is 21.5. The first kappa shape index (κ1) is 23.6. The summed E-state index contributed by atoms with van der Waals surface area (Å²) in [5, 5.41) is 4.12. The summed E-state index contributed by atoms with van der Waals surface area (Å²) in [5.74, 6) is 0.683. The second-order valence-electron chi connectivity index (χ2n) is 8.61. The summed E-state index contributed by atoms with van der Waals surface area (Å²) in [6.07, 6.45) is 0.841. The van der Waals surface area contributed by atoms with Gasteiger partial charge in [0.15, 0.2) is 5.16 Å². The van der Waals surface area contributed by atoms with Crippen LogP contribution in [-0.4, -0.2) is 46.8 Å². The molecular weight excluding hydrogens is 480 g/mol. The number of carbonyl (C=O) groups excluding carboxylic acids is 1. The van der Waals surface area contributed by atoms with E-state index in [1.165, 1.54) is 16.6 Å². The molecule has 1 amide bonds. The first-order valence-electron chi connectivity index (χ1n) is 11.3. The van der Waals surface area contributed by atoms with Crippen LogP contribution < -0.4 is 15.6 Å². The maximum Gasteiger partial charge on any atom is 0.267 e. The van der Waals surface area contributed by atoms with Crippen LogP contribution in [0.1, 0.15) is 16.0 Å². The highest BCUT2D eigenvalue weighted by atomic mass is 32.2. The lowest BCUT2D eigenvalue weighted by atomic mass is 10.1. The smallest absolute Gasteiger partial charge is 0.267 e. The first-order chi connectivity index (χ1) is 16.9. The number of carbonyl (C=O) groups is 1. The van der Waals surface area contributed by atoms with Crippen LogP contribution in [0.3, 0.4) is 0 Å². The highest BCUT2D eigenvalue weighted by molar-refractivity contribution is 7.99. The highest BCUT2D eigenvalue weighted by Gasteiger charge is 2.24. The molecule has 0 spiro atoms. The van der Waals surface area contributed by atoms with E-state index in [4.69, 9.17) is 9.72 Å². The van der Waals surface area contributed by atoms with E-state index in [-0.39, 0.29) is 17.2 Å². The van der Waals surface area contributed by atoms with E-state index in [0.717, 1.165) is 46.9 Å². The van der Waals surface area contributed by atoms with E-state index in [9.17, 15) is 9.59 Å². The van der Waals surface area contributed by atoms with Gasteiger partial charge in [-0.05, 0) is 62.4 Å².